The number of nitrogens with one attached hydrogen (secondary N) is 1. The van der Waals surface area contributed by atoms with Gasteiger partial charge in [0.15, 0.2) is 0 Å². The third-order valence-electron chi connectivity index (χ3n) is 5.14. The maximum atomic E-state index is 12.6. The minimum atomic E-state index is -0.626. The van der Waals surface area contributed by atoms with E-state index in [1.165, 1.54) is 14.2 Å². The summed E-state index contributed by atoms with van der Waals surface area (Å²) in [6, 6.07) is 14.7. The van der Waals surface area contributed by atoms with E-state index in [-0.39, 0.29) is 0 Å². The van der Waals surface area contributed by atoms with E-state index in [9.17, 15) is 9.59 Å². The first-order valence-corrected chi connectivity index (χ1v) is 10.1. The molecule has 0 spiro atoms. The van der Waals surface area contributed by atoms with Crippen LogP contribution in [0.4, 0.5) is 0 Å². The van der Waals surface area contributed by atoms with Crippen molar-refractivity contribution in [3.8, 4) is 5.75 Å². The Morgan fingerprint density at radius 1 is 0.903 bits per heavy atom. The molecule has 0 saturated heterocycles. The molecule has 0 unspecified atom stereocenters. The van der Waals surface area contributed by atoms with Crippen molar-refractivity contribution in [3.05, 3.63) is 87.2 Å². The van der Waals surface area contributed by atoms with Gasteiger partial charge in [-0.15, -0.1) is 0 Å². The molecule has 1 aliphatic rings. The minimum Gasteiger partial charge on any atom is -0.489 e. The van der Waals surface area contributed by atoms with Crippen molar-refractivity contribution in [2.24, 2.45) is 0 Å². The van der Waals surface area contributed by atoms with Crippen molar-refractivity contribution in [3.63, 3.8) is 0 Å². The zero-order chi connectivity index (χ0) is 22.5. The highest BCUT2D eigenvalue weighted by Crippen LogP contribution is 2.39. The second kappa shape index (κ2) is 9.71. The van der Waals surface area contributed by atoms with E-state index in [0.717, 1.165) is 11.1 Å². The molecule has 0 bridgehead atoms. The Kier molecular flexibility index (Phi) is 7.02. The summed E-state index contributed by atoms with van der Waals surface area (Å²) in [6.07, 6.45) is 0. The average Bonchev–Trinajstić information content (AvgIpc) is 2.77. The second-order valence-electron chi connectivity index (χ2n) is 7.07. The van der Waals surface area contributed by atoms with E-state index in [2.05, 4.69) is 5.32 Å². The summed E-state index contributed by atoms with van der Waals surface area (Å²) in [4.78, 5) is 25.1. The van der Waals surface area contributed by atoms with Crippen molar-refractivity contribution < 1.29 is 23.8 Å². The number of hydrogen-bond donors (Lipinski definition) is 1. The Morgan fingerprint density at radius 2 is 1.45 bits per heavy atom. The molecule has 162 valence electrons. The summed E-state index contributed by atoms with van der Waals surface area (Å²) in [6.45, 7) is 3.88. The Bertz CT molecular complexity index is 1020. The number of dihydropyridines is 1. The predicted octanol–water partition coefficient (Wildman–Crippen LogP) is 4.50. The summed E-state index contributed by atoms with van der Waals surface area (Å²) < 4.78 is 15.8. The van der Waals surface area contributed by atoms with Gasteiger partial charge in [0.1, 0.15) is 12.4 Å². The Labute approximate surface area is 186 Å². The van der Waals surface area contributed by atoms with Crippen molar-refractivity contribution >= 4 is 23.5 Å². The van der Waals surface area contributed by atoms with Gasteiger partial charge < -0.3 is 19.5 Å². The number of ether oxygens (including phenoxy) is 3. The van der Waals surface area contributed by atoms with Crippen LogP contribution in [0.2, 0.25) is 5.02 Å². The zero-order valence-electron chi connectivity index (χ0n) is 17.8. The summed E-state index contributed by atoms with van der Waals surface area (Å²) >= 11 is 6.18. The van der Waals surface area contributed by atoms with Crippen LogP contribution in [-0.2, 0) is 25.7 Å². The van der Waals surface area contributed by atoms with Gasteiger partial charge in [0.25, 0.3) is 0 Å². The summed E-state index contributed by atoms with van der Waals surface area (Å²) in [5, 5.41) is 3.72. The van der Waals surface area contributed by atoms with Crippen LogP contribution in [0.5, 0.6) is 5.75 Å². The highest BCUT2D eigenvalue weighted by molar-refractivity contribution is 6.31. The van der Waals surface area contributed by atoms with E-state index in [1.54, 1.807) is 26.0 Å². The highest BCUT2D eigenvalue weighted by Gasteiger charge is 2.37. The molecule has 0 atom stereocenters. The van der Waals surface area contributed by atoms with E-state index >= 15 is 0 Å². The number of methoxy groups -OCH3 is 2. The van der Waals surface area contributed by atoms with Gasteiger partial charge in [-0.25, -0.2) is 9.59 Å². The monoisotopic (exact) mass is 441 g/mol. The second-order valence-corrected chi connectivity index (χ2v) is 7.47. The van der Waals surface area contributed by atoms with Crippen LogP contribution in [-0.4, -0.2) is 26.2 Å². The first-order chi connectivity index (χ1) is 14.9. The molecule has 2 aromatic carbocycles. The van der Waals surface area contributed by atoms with Crippen LogP contribution in [0.1, 0.15) is 30.9 Å². The minimum absolute atomic E-state index is 0.325. The molecule has 0 aliphatic carbocycles. The molecule has 3 rings (SSSR count). The molecule has 0 saturated carbocycles. The SMILES string of the molecule is COC(=O)C1=C(C)NC(C)=C(C(=O)OC)C1c1ccc(OCc2ccccc2Cl)cc1. The molecule has 0 aromatic heterocycles. The van der Waals surface area contributed by atoms with Gasteiger partial charge in [-0.05, 0) is 37.6 Å². The Balaban J connectivity index is 1.93. The van der Waals surface area contributed by atoms with Crippen molar-refractivity contribution in [1.29, 1.82) is 0 Å². The van der Waals surface area contributed by atoms with Gasteiger partial charge >= 0.3 is 11.9 Å². The number of allylic oxidation sites excluding steroid dienone is 2. The lowest BCUT2D eigenvalue weighted by atomic mass is 9.80. The van der Waals surface area contributed by atoms with Crippen molar-refractivity contribution in [1.82, 2.24) is 5.32 Å². The highest BCUT2D eigenvalue weighted by atomic mass is 35.5. The topological polar surface area (TPSA) is 73.9 Å². The molecular weight excluding hydrogens is 418 g/mol. The Hall–Kier alpha value is -3.25. The quantitative estimate of drug-likeness (QED) is 0.665. The van der Waals surface area contributed by atoms with Crippen LogP contribution >= 0.6 is 11.6 Å². The molecule has 31 heavy (non-hydrogen) atoms. The van der Waals surface area contributed by atoms with Gasteiger partial charge in [0.2, 0.25) is 0 Å². The first-order valence-electron chi connectivity index (χ1n) is 9.68. The van der Waals surface area contributed by atoms with Crippen LogP contribution in [0, 0.1) is 0 Å². The predicted molar refractivity (Wildman–Crippen MR) is 118 cm³/mol. The lowest BCUT2D eigenvalue weighted by Crippen LogP contribution is -2.32. The normalized spacial score (nSPS) is 14.2. The van der Waals surface area contributed by atoms with Crippen molar-refractivity contribution in [2.45, 2.75) is 26.4 Å². The van der Waals surface area contributed by atoms with E-state index in [4.69, 9.17) is 25.8 Å². The first kappa shape index (κ1) is 22.4. The summed E-state index contributed by atoms with van der Waals surface area (Å²) in [7, 11) is 2.63. The molecular formula is C24H24ClNO5. The maximum Gasteiger partial charge on any atom is 0.336 e. The van der Waals surface area contributed by atoms with Crippen LogP contribution < -0.4 is 10.1 Å². The fourth-order valence-electron chi connectivity index (χ4n) is 3.62. The number of esters is 2. The lowest BCUT2D eigenvalue weighted by Gasteiger charge is -2.30. The fourth-order valence-corrected chi connectivity index (χ4v) is 3.81. The molecule has 1 N–H and O–H groups in total. The number of benzene rings is 2. The molecule has 6 nitrogen and oxygen atoms in total. The molecule has 2 aromatic rings. The Morgan fingerprint density at radius 3 is 1.97 bits per heavy atom. The third kappa shape index (κ3) is 4.75. The van der Waals surface area contributed by atoms with Gasteiger partial charge in [-0.1, -0.05) is 41.9 Å². The van der Waals surface area contributed by atoms with Gasteiger partial charge in [-0.3, -0.25) is 0 Å². The van der Waals surface area contributed by atoms with Crippen LogP contribution in [0.25, 0.3) is 0 Å². The molecule has 0 amide bonds. The van der Waals surface area contributed by atoms with E-state index < -0.39 is 17.9 Å². The summed E-state index contributed by atoms with van der Waals surface area (Å²) in [5.41, 5.74) is 3.59. The maximum absolute atomic E-state index is 12.6. The van der Waals surface area contributed by atoms with Crippen LogP contribution in [0.3, 0.4) is 0 Å². The molecule has 0 fully saturated rings. The smallest absolute Gasteiger partial charge is 0.336 e. The van der Waals surface area contributed by atoms with E-state index in [1.807, 2.05) is 36.4 Å². The summed E-state index contributed by atoms with van der Waals surface area (Å²) in [5.74, 6) is -1.01. The number of carbonyl (C=O) groups excluding carboxylic acids is 2. The number of halogens is 1. The number of carbonyl (C=O) groups is 2. The lowest BCUT2D eigenvalue weighted by molar-refractivity contribution is -0.137. The van der Waals surface area contributed by atoms with Gasteiger partial charge in [0, 0.05) is 22.0 Å². The van der Waals surface area contributed by atoms with E-state index in [0.29, 0.717) is 39.9 Å². The molecule has 1 aliphatic heterocycles. The largest absolute Gasteiger partial charge is 0.489 e. The standard InChI is InChI=1S/C24H24ClNO5/c1-14-20(23(27)29-3)22(21(15(2)26-14)24(28)30-4)16-9-11-18(12-10-16)31-13-17-7-5-6-8-19(17)25/h5-12,22,26H,13H2,1-4H3. The average molecular weight is 442 g/mol. The molecule has 7 heteroatoms. The number of rotatable bonds is 6. The molecule has 0 radical (unpaired) electrons. The molecule has 1 heterocycles. The van der Waals surface area contributed by atoms with Crippen molar-refractivity contribution in [2.75, 3.05) is 14.2 Å². The van der Waals surface area contributed by atoms with Gasteiger partial charge in [0.05, 0.1) is 31.3 Å². The van der Waals surface area contributed by atoms with Crippen LogP contribution in [0.15, 0.2) is 71.1 Å². The third-order valence-corrected chi connectivity index (χ3v) is 5.51. The number of hydrogen-bond acceptors (Lipinski definition) is 6. The fraction of sp³-hybridized carbons (Fsp3) is 0.250. The zero-order valence-corrected chi connectivity index (χ0v) is 18.6. The van der Waals surface area contributed by atoms with Gasteiger partial charge in [-0.2, -0.15) is 0 Å².